The van der Waals surface area contributed by atoms with Crippen LogP contribution in [0.25, 0.3) is 0 Å². The lowest BCUT2D eigenvalue weighted by Crippen LogP contribution is -2.61. The lowest BCUT2D eigenvalue weighted by molar-refractivity contribution is -0.183. The molecular weight excluding hydrogens is 449 g/mol. The lowest BCUT2D eigenvalue weighted by Gasteiger charge is -2.38. The fourth-order valence-corrected chi connectivity index (χ4v) is 6.92. The van der Waals surface area contributed by atoms with Gasteiger partial charge in [-0.25, -0.2) is 18.8 Å². The second-order valence-corrected chi connectivity index (χ2v) is 11.2. The minimum absolute atomic E-state index is 0.00639. The number of fused-ring (bicyclic) bond motifs is 3. The van der Waals surface area contributed by atoms with Gasteiger partial charge in [-0.05, 0) is 43.4 Å². The number of carboxylic acids is 1. The van der Waals surface area contributed by atoms with Crippen LogP contribution in [0.15, 0.2) is 0 Å². The van der Waals surface area contributed by atoms with Crippen LogP contribution in [0.4, 0.5) is 9.18 Å². The fraction of sp³-hybridized carbons (Fsp3) is 0.875. The number of hydrogen-bond acceptors (Lipinski definition) is 8. The van der Waals surface area contributed by atoms with Crippen LogP contribution < -0.4 is 5.73 Å². The summed E-state index contributed by atoms with van der Waals surface area (Å²) in [5.41, 5.74) is 1.59. The zero-order valence-electron chi connectivity index (χ0n) is 20.5. The average molecular weight is 486 g/mol. The quantitative estimate of drug-likeness (QED) is 0.392. The van der Waals surface area contributed by atoms with Crippen LogP contribution in [-0.4, -0.2) is 59.5 Å². The van der Waals surface area contributed by atoms with Crippen molar-refractivity contribution in [1.29, 1.82) is 0 Å². The van der Waals surface area contributed by atoms with Gasteiger partial charge in [-0.2, -0.15) is 0 Å². The van der Waals surface area contributed by atoms with Crippen LogP contribution in [0.3, 0.4) is 0 Å². The first-order valence-electron chi connectivity index (χ1n) is 12.2. The maximum atomic E-state index is 15.0. The van der Waals surface area contributed by atoms with Gasteiger partial charge < -0.3 is 29.8 Å². The SMILES string of the molecule is CCCO[C@@H]1C[C@@H]2[C@H]([C@]1(N)C(=O)OC(C)OC(=O)O[C@H]1C[C@H]3CC[C@]1(C)C3(C)C)[C@@]2(F)C(=O)O. The van der Waals surface area contributed by atoms with Crippen LogP contribution >= 0.6 is 0 Å². The molecule has 4 saturated carbocycles. The average Bonchev–Trinajstić information content (AvgIpc) is 3.03. The van der Waals surface area contributed by atoms with Crippen molar-refractivity contribution in [2.45, 2.75) is 96.4 Å². The van der Waals surface area contributed by atoms with Crippen LogP contribution in [0.1, 0.15) is 66.7 Å². The Labute approximate surface area is 198 Å². The Hall–Kier alpha value is -1.94. The van der Waals surface area contributed by atoms with Crippen LogP contribution in [-0.2, 0) is 28.5 Å². The summed E-state index contributed by atoms with van der Waals surface area (Å²) in [6.07, 6.45) is -0.0639. The normalized spacial score (nSPS) is 44.3. The number of rotatable bonds is 8. The number of halogens is 1. The number of nitrogens with two attached hydrogens (primary N) is 1. The molecule has 9 atom stereocenters. The summed E-state index contributed by atoms with van der Waals surface area (Å²) >= 11 is 0. The van der Waals surface area contributed by atoms with Crippen molar-refractivity contribution < 1.29 is 42.8 Å². The Bertz CT molecular complexity index is 881. The summed E-state index contributed by atoms with van der Waals surface area (Å²) < 4.78 is 36.7. The predicted octanol–water partition coefficient (Wildman–Crippen LogP) is 3.18. The van der Waals surface area contributed by atoms with E-state index in [0.717, 1.165) is 19.3 Å². The molecule has 4 rings (SSSR count). The molecule has 4 aliphatic rings. The summed E-state index contributed by atoms with van der Waals surface area (Å²) in [6.45, 7) is 9.97. The molecule has 2 bridgehead atoms. The summed E-state index contributed by atoms with van der Waals surface area (Å²) in [4.78, 5) is 37.0. The van der Waals surface area contributed by atoms with E-state index < -0.39 is 53.5 Å². The smallest absolute Gasteiger partial charge is 0.479 e. The molecule has 0 amide bonds. The third-order valence-electron chi connectivity index (χ3n) is 9.49. The second kappa shape index (κ2) is 8.05. The maximum Gasteiger partial charge on any atom is 0.511 e. The van der Waals surface area contributed by atoms with E-state index in [1.165, 1.54) is 6.92 Å². The zero-order valence-corrected chi connectivity index (χ0v) is 20.5. The molecule has 4 aliphatic carbocycles. The van der Waals surface area contributed by atoms with Gasteiger partial charge in [-0.1, -0.05) is 27.7 Å². The number of esters is 1. The molecule has 34 heavy (non-hydrogen) atoms. The third-order valence-corrected chi connectivity index (χ3v) is 9.49. The molecule has 0 aromatic carbocycles. The van der Waals surface area contributed by atoms with E-state index in [-0.39, 0.29) is 30.0 Å². The van der Waals surface area contributed by atoms with Gasteiger partial charge in [0.05, 0.1) is 6.10 Å². The van der Waals surface area contributed by atoms with Crippen molar-refractivity contribution in [3.05, 3.63) is 0 Å². The first-order valence-corrected chi connectivity index (χ1v) is 12.2. The van der Waals surface area contributed by atoms with Crippen LogP contribution in [0, 0.1) is 28.6 Å². The van der Waals surface area contributed by atoms with Crippen molar-refractivity contribution in [2.24, 2.45) is 34.3 Å². The van der Waals surface area contributed by atoms with Gasteiger partial charge in [0.25, 0.3) is 0 Å². The van der Waals surface area contributed by atoms with E-state index >= 15 is 0 Å². The van der Waals surface area contributed by atoms with Gasteiger partial charge in [0, 0.05) is 30.8 Å². The first kappa shape index (κ1) is 25.2. The largest absolute Gasteiger partial charge is 0.511 e. The van der Waals surface area contributed by atoms with E-state index in [0.29, 0.717) is 12.3 Å². The van der Waals surface area contributed by atoms with Crippen LogP contribution in [0.5, 0.6) is 0 Å². The topological polar surface area (TPSA) is 134 Å². The summed E-state index contributed by atoms with van der Waals surface area (Å²) in [6, 6.07) is 0. The number of carbonyl (C=O) groups is 3. The zero-order chi connectivity index (χ0) is 25.3. The van der Waals surface area contributed by atoms with Gasteiger partial charge in [-0.15, -0.1) is 0 Å². The molecule has 0 saturated heterocycles. The summed E-state index contributed by atoms with van der Waals surface area (Å²) in [5, 5.41) is 9.32. The minimum Gasteiger partial charge on any atom is -0.479 e. The fourth-order valence-electron chi connectivity index (χ4n) is 6.92. The Morgan fingerprint density at radius 3 is 2.35 bits per heavy atom. The monoisotopic (exact) mass is 485 g/mol. The molecule has 0 radical (unpaired) electrons. The Morgan fingerprint density at radius 2 is 1.82 bits per heavy atom. The molecule has 0 aliphatic heterocycles. The van der Waals surface area contributed by atoms with E-state index in [1.54, 1.807) is 0 Å². The molecule has 0 aromatic heterocycles. The van der Waals surface area contributed by atoms with Crippen molar-refractivity contribution >= 4 is 18.1 Å². The van der Waals surface area contributed by atoms with Crippen molar-refractivity contribution in [1.82, 2.24) is 0 Å². The third kappa shape index (κ3) is 3.35. The molecule has 9 nitrogen and oxygen atoms in total. The highest BCUT2D eigenvalue weighted by molar-refractivity contribution is 5.91. The molecule has 0 heterocycles. The number of carbonyl (C=O) groups excluding carboxylic acids is 2. The number of ether oxygens (including phenoxy) is 4. The molecule has 10 heteroatoms. The standard InChI is InChI=1S/C24H36FNO8/c1-6-9-31-16-11-14-17(23(14,25)18(27)28)24(16,26)19(29)32-12(2)33-20(30)34-15-10-13-7-8-22(15,5)21(13,3)4/h12-17H,6-11,26H2,1-5H3,(H,27,28)/t12?,13-,14-,15+,16-,17+,22+,23-,24+/m1/s1. The highest BCUT2D eigenvalue weighted by Gasteiger charge is 2.85. The Morgan fingerprint density at radius 1 is 1.15 bits per heavy atom. The predicted molar refractivity (Wildman–Crippen MR) is 116 cm³/mol. The number of alkyl halides is 1. The molecule has 4 fully saturated rings. The number of aliphatic carboxylic acids is 1. The van der Waals surface area contributed by atoms with E-state index in [9.17, 15) is 23.9 Å². The number of carboxylic acid groups (broad SMARTS) is 1. The van der Waals surface area contributed by atoms with Crippen molar-refractivity contribution in [3.63, 3.8) is 0 Å². The van der Waals surface area contributed by atoms with Crippen LogP contribution in [0.2, 0.25) is 0 Å². The van der Waals surface area contributed by atoms with Gasteiger partial charge in [0.15, 0.2) is 0 Å². The maximum absolute atomic E-state index is 15.0. The summed E-state index contributed by atoms with van der Waals surface area (Å²) in [7, 11) is 0. The van der Waals surface area contributed by atoms with Crippen molar-refractivity contribution in [3.8, 4) is 0 Å². The van der Waals surface area contributed by atoms with Gasteiger partial charge in [-0.3, -0.25) is 0 Å². The van der Waals surface area contributed by atoms with Gasteiger partial charge >= 0.3 is 18.1 Å². The molecule has 3 N–H and O–H groups in total. The van der Waals surface area contributed by atoms with Gasteiger partial charge in [0.1, 0.15) is 11.6 Å². The summed E-state index contributed by atoms with van der Waals surface area (Å²) in [5.74, 6) is -4.47. The van der Waals surface area contributed by atoms with Gasteiger partial charge in [0.2, 0.25) is 12.0 Å². The van der Waals surface area contributed by atoms with E-state index in [1.807, 2.05) is 6.92 Å². The molecule has 192 valence electrons. The lowest BCUT2D eigenvalue weighted by atomic mass is 9.70. The van der Waals surface area contributed by atoms with E-state index in [4.69, 9.17) is 24.7 Å². The highest BCUT2D eigenvalue weighted by atomic mass is 19.1. The number of hydrogen-bond donors (Lipinski definition) is 2. The van der Waals surface area contributed by atoms with E-state index in [2.05, 4.69) is 20.8 Å². The Kier molecular flexibility index (Phi) is 5.95. The first-order chi connectivity index (χ1) is 15.7. The Balaban J connectivity index is 1.38. The minimum atomic E-state index is -2.60. The molecular formula is C24H36FNO8. The molecule has 0 aromatic rings. The second-order valence-electron chi connectivity index (χ2n) is 11.2. The highest BCUT2D eigenvalue weighted by Crippen LogP contribution is 2.68. The van der Waals surface area contributed by atoms with Crippen molar-refractivity contribution in [2.75, 3.05) is 6.61 Å². The molecule has 1 unspecified atom stereocenters. The molecule has 0 spiro atoms.